The van der Waals surface area contributed by atoms with Crippen LogP contribution in [0.15, 0.2) is 41.3 Å². The van der Waals surface area contributed by atoms with Gasteiger partial charge in [0.2, 0.25) is 22.7 Å². The highest BCUT2D eigenvalue weighted by atomic mass is 32.2. The molecule has 0 spiro atoms. The third-order valence-electron chi connectivity index (χ3n) is 7.94. The molecule has 4 heterocycles. The van der Waals surface area contributed by atoms with Gasteiger partial charge in [-0.25, -0.2) is 8.42 Å². The normalized spacial score (nSPS) is 20.1. The van der Waals surface area contributed by atoms with Gasteiger partial charge in [0.15, 0.2) is 18.1 Å². The van der Waals surface area contributed by atoms with E-state index in [4.69, 9.17) is 14.2 Å². The van der Waals surface area contributed by atoms with Crippen LogP contribution < -0.4 is 19.1 Å². The molecular weight excluding hydrogens is 536 g/mol. The van der Waals surface area contributed by atoms with E-state index in [0.717, 1.165) is 49.3 Å². The van der Waals surface area contributed by atoms with Crippen LogP contribution in [0.25, 0.3) is 0 Å². The maximum atomic E-state index is 13.4. The molecule has 0 aliphatic carbocycles. The average molecular weight is 571 g/mol. The van der Waals surface area contributed by atoms with E-state index in [1.165, 1.54) is 21.3 Å². The van der Waals surface area contributed by atoms with Crippen molar-refractivity contribution in [3.05, 3.63) is 42.0 Å². The fourth-order valence-corrected chi connectivity index (χ4v) is 7.17. The molecule has 12 heteroatoms. The number of piperazine rings is 1. The summed E-state index contributed by atoms with van der Waals surface area (Å²) in [6.45, 7) is 4.07. The summed E-state index contributed by atoms with van der Waals surface area (Å²) < 4.78 is 44.7. The Hall–Kier alpha value is -3.35. The number of fused-ring (bicyclic) bond motifs is 2. The zero-order valence-corrected chi connectivity index (χ0v) is 23.2. The summed E-state index contributed by atoms with van der Waals surface area (Å²) in [6, 6.07) is 10.5. The van der Waals surface area contributed by atoms with E-state index in [0.29, 0.717) is 50.7 Å². The van der Waals surface area contributed by atoms with Gasteiger partial charge in [-0.15, -0.1) is 0 Å². The van der Waals surface area contributed by atoms with Crippen molar-refractivity contribution in [2.75, 3.05) is 64.1 Å². The highest BCUT2D eigenvalue weighted by Crippen LogP contribution is 2.36. The summed E-state index contributed by atoms with van der Waals surface area (Å²) in [5.41, 5.74) is 1.44. The maximum absolute atomic E-state index is 13.4. The molecule has 0 aromatic heterocycles. The Bertz CT molecular complexity index is 1380. The summed E-state index contributed by atoms with van der Waals surface area (Å²) in [5.74, 6) is 1.36. The van der Waals surface area contributed by atoms with Gasteiger partial charge in [-0.1, -0.05) is 18.9 Å². The molecule has 2 saturated heterocycles. The molecule has 6 rings (SSSR count). The van der Waals surface area contributed by atoms with E-state index in [1.807, 2.05) is 18.2 Å². The molecule has 2 aromatic carbocycles. The molecule has 0 saturated carbocycles. The lowest BCUT2D eigenvalue weighted by Gasteiger charge is -2.36. The van der Waals surface area contributed by atoms with Crippen molar-refractivity contribution < 1.29 is 32.2 Å². The number of rotatable bonds is 6. The van der Waals surface area contributed by atoms with Gasteiger partial charge in [0.1, 0.15) is 12.3 Å². The SMILES string of the molecule is O=C(CN1C(=O)COc2ccc(S(=O)(=O)N3CCCCCC3)cc21)N1CCN(Cc2ccc3c(c2)OCO3)CC1. The first-order valence-corrected chi connectivity index (χ1v) is 15.3. The smallest absolute Gasteiger partial charge is 0.265 e. The Kier molecular flexibility index (Phi) is 7.56. The molecule has 0 bridgehead atoms. The molecule has 0 unspecified atom stereocenters. The van der Waals surface area contributed by atoms with Crippen LogP contribution in [-0.2, 0) is 26.2 Å². The molecule has 214 valence electrons. The number of sulfonamides is 1. The second-order valence-corrected chi connectivity index (χ2v) is 12.5. The largest absolute Gasteiger partial charge is 0.482 e. The third kappa shape index (κ3) is 5.48. The number of carbonyl (C=O) groups excluding carboxylic acids is 2. The van der Waals surface area contributed by atoms with Gasteiger partial charge in [-0.2, -0.15) is 4.31 Å². The number of benzene rings is 2. The third-order valence-corrected chi connectivity index (χ3v) is 9.83. The molecular formula is C28H34N4O7S. The van der Waals surface area contributed by atoms with Crippen LogP contribution in [0.5, 0.6) is 17.2 Å². The number of hydrogen-bond donors (Lipinski definition) is 0. The first-order chi connectivity index (χ1) is 19.4. The zero-order chi connectivity index (χ0) is 27.7. The second kappa shape index (κ2) is 11.3. The minimum absolute atomic E-state index is 0.112. The maximum Gasteiger partial charge on any atom is 0.265 e. The predicted octanol–water partition coefficient (Wildman–Crippen LogP) is 2.05. The van der Waals surface area contributed by atoms with E-state index in [-0.39, 0.29) is 36.7 Å². The summed E-state index contributed by atoms with van der Waals surface area (Å²) in [5, 5.41) is 0. The summed E-state index contributed by atoms with van der Waals surface area (Å²) in [4.78, 5) is 31.7. The van der Waals surface area contributed by atoms with Crippen molar-refractivity contribution >= 4 is 27.5 Å². The Morgan fingerprint density at radius 1 is 0.800 bits per heavy atom. The predicted molar refractivity (Wildman–Crippen MR) is 146 cm³/mol. The van der Waals surface area contributed by atoms with Crippen molar-refractivity contribution in [2.24, 2.45) is 0 Å². The average Bonchev–Trinajstić information content (AvgIpc) is 3.25. The Balaban J connectivity index is 1.11. The van der Waals surface area contributed by atoms with Crippen molar-refractivity contribution in [3.63, 3.8) is 0 Å². The number of nitrogens with zero attached hydrogens (tertiary/aromatic N) is 4. The van der Waals surface area contributed by atoms with Gasteiger partial charge < -0.3 is 19.1 Å². The molecule has 0 radical (unpaired) electrons. The molecule has 40 heavy (non-hydrogen) atoms. The molecule has 4 aliphatic heterocycles. The molecule has 0 N–H and O–H groups in total. The number of hydrogen-bond acceptors (Lipinski definition) is 8. The first-order valence-electron chi connectivity index (χ1n) is 13.8. The van der Waals surface area contributed by atoms with Crippen LogP contribution >= 0.6 is 0 Å². The topological polar surface area (TPSA) is 109 Å². The van der Waals surface area contributed by atoms with Gasteiger partial charge >= 0.3 is 0 Å². The van der Waals surface area contributed by atoms with E-state index >= 15 is 0 Å². The van der Waals surface area contributed by atoms with Crippen LogP contribution in [0.4, 0.5) is 5.69 Å². The lowest BCUT2D eigenvalue weighted by Crippen LogP contribution is -2.52. The molecule has 4 aliphatic rings. The first kappa shape index (κ1) is 26.9. The van der Waals surface area contributed by atoms with Gasteiger partial charge in [-0.05, 0) is 48.7 Å². The van der Waals surface area contributed by atoms with Crippen LogP contribution in [0.2, 0.25) is 0 Å². The van der Waals surface area contributed by atoms with Gasteiger partial charge in [0.05, 0.1) is 10.6 Å². The van der Waals surface area contributed by atoms with Gasteiger partial charge in [0.25, 0.3) is 5.91 Å². The molecule has 2 aromatic rings. The quantitative estimate of drug-likeness (QED) is 0.519. The molecule has 0 atom stereocenters. The lowest BCUT2D eigenvalue weighted by molar-refractivity contribution is -0.133. The second-order valence-electron chi connectivity index (χ2n) is 10.6. The molecule has 11 nitrogen and oxygen atoms in total. The number of anilines is 1. The highest BCUT2D eigenvalue weighted by molar-refractivity contribution is 7.89. The Labute approximate surface area is 234 Å². The fourth-order valence-electron chi connectivity index (χ4n) is 5.63. The van der Waals surface area contributed by atoms with E-state index < -0.39 is 10.0 Å². The van der Waals surface area contributed by atoms with Crippen LogP contribution in [0.3, 0.4) is 0 Å². The lowest BCUT2D eigenvalue weighted by atomic mass is 10.1. The van der Waals surface area contributed by atoms with Crippen molar-refractivity contribution in [2.45, 2.75) is 37.1 Å². The molecule has 2 amide bonds. The summed E-state index contributed by atoms with van der Waals surface area (Å²) in [7, 11) is -3.72. The minimum Gasteiger partial charge on any atom is -0.482 e. The number of carbonyl (C=O) groups is 2. The number of amides is 2. The van der Waals surface area contributed by atoms with E-state index in [1.54, 1.807) is 11.0 Å². The summed E-state index contributed by atoms with van der Waals surface area (Å²) in [6.07, 6.45) is 3.69. The van der Waals surface area contributed by atoms with Crippen LogP contribution in [0, 0.1) is 0 Å². The van der Waals surface area contributed by atoms with Crippen LogP contribution in [-0.4, -0.2) is 93.6 Å². The van der Waals surface area contributed by atoms with Gasteiger partial charge in [0, 0.05) is 45.8 Å². The minimum atomic E-state index is -3.72. The number of ether oxygens (including phenoxy) is 3. The van der Waals surface area contributed by atoms with Crippen molar-refractivity contribution in [1.82, 2.24) is 14.1 Å². The molecule has 2 fully saturated rings. The Morgan fingerprint density at radius 3 is 2.30 bits per heavy atom. The summed E-state index contributed by atoms with van der Waals surface area (Å²) >= 11 is 0. The standard InChI is InChI=1S/C28H34N4O7S/c33-27(30-13-11-29(12-14-30)17-21-5-7-25-26(15-21)39-20-38-25)18-32-23-16-22(6-8-24(23)37-19-28(32)34)40(35,36)31-9-3-1-2-4-10-31/h5-8,15-16H,1-4,9-14,17-20H2. The van der Waals surface area contributed by atoms with Gasteiger partial charge in [-0.3, -0.25) is 19.4 Å². The zero-order valence-electron chi connectivity index (χ0n) is 22.4. The van der Waals surface area contributed by atoms with E-state index in [2.05, 4.69) is 4.90 Å². The highest BCUT2D eigenvalue weighted by Gasteiger charge is 2.33. The fraction of sp³-hybridized carbons (Fsp3) is 0.500. The monoisotopic (exact) mass is 570 g/mol. The van der Waals surface area contributed by atoms with E-state index in [9.17, 15) is 18.0 Å². The Morgan fingerprint density at radius 2 is 1.52 bits per heavy atom. The van der Waals surface area contributed by atoms with Crippen molar-refractivity contribution in [1.29, 1.82) is 0 Å². The van der Waals surface area contributed by atoms with Crippen LogP contribution in [0.1, 0.15) is 31.2 Å². The van der Waals surface area contributed by atoms with Crippen molar-refractivity contribution in [3.8, 4) is 17.2 Å².